The average Bonchev–Trinajstić information content (AvgIpc) is 2.41. The molecule has 1 aromatic carbocycles. The fourth-order valence-corrected chi connectivity index (χ4v) is 2.84. The van der Waals surface area contributed by atoms with Gasteiger partial charge >= 0.3 is 0 Å². The molecule has 116 valence electrons. The zero-order valence-electron chi connectivity index (χ0n) is 13.6. The van der Waals surface area contributed by atoms with Crippen molar-refractivity contribution >= 4 is 5.78 Å². The third-order valence-corrected chi connectivity index (χ3v) is 4.34. The summed E-state index contributed by atoms with van der Waals surface area (Å²) in [6.07, 6.45) is 1.43. The predicted molar refractivity (Wildman–Crippen MR) is 85.1 cm³/mol. The van der Waals surface area contributed by atoms with E-state index in [-0.39, 0.29) is 17.2 Å². The van der Waals surface area contributed by atoms with Crippen molar-refractivity contribution in [3.63, 3.8) is 0 Å². The van der Waals surface area contributed by atoms with E-state index in [1.54, 1.807) is 0 Å². The minimum absolute atomic E-state index is 0.206. The quantitative estimate of drug-likeness (QED) is 0.929. The van der Waals surface area contributed by atoms with Crippen LogP contribution in [-0.2, 0) is 4.79 Å². The van der Waals surface area contributed by atoms with Gasteiger partial charge in [0.25, 0.3) is 0 Å². The van der Waals surface area contributed by atoms with Crippen LogP contribution in [0.4, 0.5) is 0 Å². The van der Waals surface area contributed by atoms with Crippen LogP contribution in [0.2, 0.25) is 0 Å². The molecule has 1 aliphatic rings. The predicted octanol–water partition coefficient (Wildman–Crippen LogP) is 3.19. The average molecular weight is 289 g/mol. The first-order valence-electron chi connectivity index (χ1n) is 7.76. The number of hydrogen-bond donors (Lipinski definition) is 1. The molecule has 3 nitrogen and oxygen atoms in total. The van der Waals surface area contributed by atoms with Crippen molar-refractivity contribution in [1.82, 2.24) is 4.90 Å². The molecule has 0 unspecified atom stereocenters. The number of likely N-dealkylation sites (tertiary alicyclic amines) is 1. The Hall–Kier alpha value is -1.19. The van der Waals surface area contributed by atoms with Gasteiger partial charge in [-0.05, 0) is 25.3 Å². The molecule has 21 heavy (non-hydrogen) atoms. The number of nitrogens with zero attached hydrogens (tertiary/aromatic N) is 1. The van der Waals surface area contributed by atoms with Gasteiger partial charge in [-0.25, -0.2) is 0 Å². The maximum Gasteiger partial charge on any atom is 0.159 e. The lowest BCUT2D eigenvalue weighted by Gasteiger charge is -2.41. The van der Waals surface area contributed by atoms with Gasteiger partial charge in [0, 0.05) is 18.5 Å². The van der Waals surface area contributed by atoms with E-state index < -0.39 is 5.60 Å². The number of carbonyl (C=O) groups excluding carboxylic acids is 1. The number of Topliss-reactive ketones (excluding diaryl/α,β-unsaturated/α-hetero) is 1. The highest BCUT2D eigenvalue weighted by Gasteiger charge is 2.38. The maximum atomic E-state index is 12.9. The highest BCUT2D eigenvalue weighted by molar-refractivity contribution is 5.89. The van der Waals surface area contributed by atoms with Crippen molar-refractivity contribution in [2.45, 2.75) is 52.2 Å². The summed E-state index contributed by atoms with van der Waals surface area (Å²) in [5.41, 5.74) is 0.0853. The van der Waals surface area contributed by atoms with Crippen molar-refractivity contribution in [1.29, 1.82) is 0 Å². The van der Waals surface area contributed by atoms with Crippen LogP contribution in [0, 0.1) is 5.41 Å². The molecule has 0 aromatic heterocycles. The Bertz CT molecular complexity index is 478. The molecular formula is C18H27NO2. The van der Waals surface area contributed by atoms with E-state index >= 15 is 0 Å². The molecule has 1 heterocycles. The van der Waals surface area contributed by atoms with E-state index in [0.29, 0.717) is 12.8 Å². The first-order chi connectivity index (χ1) is 9.71. The second kappa shape index (κ2) is 5.90. The molecule has 0 radical (unpaired) electrons. The molecule has 3 heteroatoms. The number of rotatable bonds is 3. The van der Waals surface area contributed by atoms with Gasteiger partial charge in [0.15, 0.2) is 5.78 Å². The first kappa shape index (κ1) is 16.2. The molecule has 0 saturated carbocycles. The van der Waals surface area contributed by atoms with Gasteiger partial charge < -0.3 is 5.11 Å². The molecule has 1 aromatic rings. The van der Waals surface area contributed by atoms with Crippen molar-refractivity contribution in [3.05, 3.63) is 35.9 Å². The molecule has 1 fully saturated rings. The van der Waals surface area contributed by atoms with Gasteiger partial charge in [-0.3, -0.25) is 9.69 Å². The lowest BCUT2D eigenvalue weighted by atomic mass is 9.81. The van der Waals surface area contributed by atoms with Crippen molar-refractivity contribution in [2.75, 3.05) is 13.1 Å². The Morgan fingerprint density at radius 2 is 1.71 bits per heavy atom. The number of piperidine rings is 1. The third kappa shape index (κ3) is 3.92. The molecule has 1 aliphatic heterocycles. The summed E-state index contributed by atoms with van der Waals surface area (Å²) in [5.74, 6) is 0.246. The fourth-order valence-electron chi connectivity index (χ4n) is 2.84. The van der Waals surface area contributed by atoms with E-state index in [1.807, 2.05) is 58.0 Å². The molecular weight excluding hydrogens is 262 g/mol. The molecule has 2 rings (SSSR count). The van der Waals surface area contributed by atoms with Crippen molar-refractivity contribution in [3.8, 4) is 0 Å². The van der Waals surface area contributed by atoms with Crippen LogP contribution in [0.15, 0.2) is 30.3 Å². The summed E-state index contributed by atoms with van der Waals surface area (Å²) in [5, 5.41) is 10.1. The largest absolute Gasteiger partial charge is 0.390 e. The maximum absolute atomic E-state index is 12.9. The molecule has 1 N–H and O–H groups in total. The molecule has 0 amide bonds. The van der Waals surface area contributed by atoms with Gasteiger partial charge in [0.05, 0.1) is 11.6 Å². The molecule has 1 atom stereocenters. The van der Waals surface area contributed by atoms with Gasteiger partial charge in [-0.15, -0.1) is 0 Å². The van der Waals surface area contributed by atoms with E-state index in [9.17, 15) is 9.90 Å². The Morgan fingerprint density at radius 3 is 2.19 bits per heavy atom. The second-order valence-electron chi connectivity index (χ2n) is 7.46. The van der Waals surface area contributed by atoms with Crippen LogP contribution in [0.5, 0.6) is 0 Å². The summed E-state index contributed by atoms with van der Waals surface area (Å²) in [6.45, 7) is 9.33. The van der Waals surface area contributed by atoms with Crippen LogP contribution in [-0.4, -0.2) is 34.5 Å². The zero-order valence-corrected chi connectivity index (χ0v) is 13.6. The Balaban J connectivity index is 2.27. The zero-order chi connectivity index (χ0) is 15.7. The van der Waals surface area contributed by atoms with Gasteiger partial charge in [0.2, 0.25) is 0 Å². The molecule has 0 aliphatic carbocycles. The summed E-state index contributed by atoms with van der Waals surface area (Å²) in [7, 11) is 0. The third-order valence-electron chi connectivity index (χ3n) is 4.34. The normalized spacial score (nSPS) is 21.0. The standard InChI is InChI=1S/C18H27NO2/c1-17(2,3)16(20)15(14-8-6-5-7-9-14)19-12-10-18(4,21)11-13-19/h5-9,15,21H,10-13H2,1-4H3/t15-/m1/s1. The van der Waals surface area contributed by atoms with Crippen LogP contribution in [0.3, 0.4) is 0 Å². The number of benzene rings is 1. The highest BCUT2D eigenvalue weighted by Crippen LogP contribution is 2.34. The number of aliphatic hydroxyl groups is 1. The van der Waals surface area contributed by atoms with Crippen LogP contribution < -0.4 is 0 Å². The van der Waals surface area contributed by atoms with E-state index in [1.165, 1.54) is 0 Å². The Morgan fingerprint density at radius 1 is 1.19 bits per heavy atom. The van der Waals surface area contributed by atoms with Gasteiger partial charge in [-0.1, -0.05) is 51.1 Å². The Labute approximate surface area is 128 Å². The van der Waals surface area contributed by atoms with Crippen LogP contribution >= 0.6 is 0 Å². The summed E-state index contributed by atoms with van der Waals surface area (Å²) >= 11 is 0. The smallest absolute Gasteiger partial charge is 0.159 e. The Kier molecular flexibility index (Phi) is 4.54. The van der Waals surface area contributed by atoms with Crippen molar-refractivity contribution < 1.29 is 9.90 Å². The van der Waals surface area contributed by atoms with Crippen LogP contribution in [0.25, 0.3) is 0 Å². The lowest BCUT2D eigenvalue weighted by Crippen LogP contribution is -2.47. The minimum atomic E-state index is -0.595. The second-order valence-corrected chi connectivity index (χ2v) is 7.46. The van der Waals surface area contributed by atoms with Crippen molar-refractivity contribution in [2.24, 2.45) is 5.41 Å². The highest BCUT2D eigenvalue weighted by atomic mass is 16.3. The molecule has 1 saturated heterocycles. The lowest BCUT2D eigenvalue weighted by molar-refractivity contribution is -0.134. The summed E-state index contributed by atoms with van der Waals surface area (Å²) in [4.78, 5) is 15.1. The number of ketones is 1. The fraction of sp³-hybridized carbons (Fsp3) is 0.611. The van der Waals surface area contributed by atoms with Crippen LogP contribution in [0.1, 0.15) is 52.1 Å². The molecule has 0 spiro atoms. The first-order valence-corrected chi connectivity index (χ1v) is 7.76. The minimum Gasteiger partial charge on any atom is -0.390 e. The topological polar surface area (TPSA) is 40.5 Å². The summed E-state index contributed by atoms with van der Waals surface area (Å²) < 4.78 is 0. The monoisotopic (exact) mass is 289 g/mol. The van der Waals surface area contributed by atoms with Gasteiger partial charge in [0.1, 0.15) is 0 Å². The molecule has 0 bridgehead atoms. The SMILES string of the molecule is CC1(O)CCN([C@@H](C(=O)C(C)(C)C)c2ccccc2)CC1. The summed E-state index contributed by atoms with van der Waals surface area (Å²) in [6, 6.07) is 9.80. The number of carbonyl (C=O) groups is 1. The number of hydrogen-bond acceptors (Lipinski definition) is 3. The van der Waals surface area contributed by atoms with E-state index in [4.69, 9.17) is 0 Å². The van der Waals surface area contributed by atoms with E-state index in [2.05, 4.69) is 4.90 Å². The van der Waals surface area contributed by atoms with E-state index in [0.717, 1.165) is 18.7 Å². The van der Waals surface area contributed by atoms with Gasteiger partial charge in [-0.2, -0.15) is 0 Å².